The van der Waals surface area contributed by atoms with Crippen LogP contribution in [0.5, 0.6) is 5.75 Å². The largest absolute Gasteiger partial charge is 0.481 e. The van der Waals surface area contributed by atoms with E-state index in [1.807, 2.05) is 11.4 Å². The molecule has 3 amide bonds. The Morgan fingerprint density at radius 2 is 2.04 bits per heavy atom. The van der Waals surface area contributed by atoms with Crippen LogP contribution in [0.2, 0.25) is 0 Å². The molecule has 3 N–H and O–H groups in total. The Balaban J connectivity index is 1.61. The standard InChI is InChI=1S/C18H20BrN3O4S/c1-12(26-15-5-2-4-14(19)10-15)17(24)22-21-16(23)6-3-8-20-18(25)13-7-9-27-11-13/h2,4-5,7,9-12H,3,6,8H2,1H3,(H,20,25)(H,21,23)(H,22,24)/t12-/m1/s1. The summed E-state index contributed by atoms with van der Waals surface area (Å²) in [6, 6.07) is 8.85. The second-order valence-electron chi connectivity index (χ2n) is 5.63. The topological polar surface area (TPSA) is 96.5 Å². The molecule has 27 heavy (non-hydrogen) atoms. The van der Waals surface area contributed by atoms with E-state index in [9.17, 15) is 14.4 Å². The summed E-state index contributed by atoms with van der Waals surface area (Å²) < 4.78 is 6.35. The molecule has 0 unspecified atom stereocenters. The third kappa shape index (κ3) is 7.40. The van der Waals surface area contributed by atoms with E-state index in [1.165, 1.54) is 11.3 Å². The average Bonchev–Trinajstić information content (AvgIpc) is 3.18. The van der Waals surface area contributed by atoms with Crippen LogP contribution in [0.15, 0.2) is 45.6 Å². The van der Waals surface area contributed by atoms with Gasteiger partial charge in [0.1, 0.15) is 5.75 Å². The summed E-state index contributed by atoms with van der Waals surface area (Å²) in [7, 11) is 0. The highest BCUT2D eigenvalue weighted by atomic mass is 79.9. The van der Waals surface area contributed by atoms with Crippen molar-refractivity contribution in [3.63, 3.8) is 0 Å². The summed E-state index contributed by atoms with van der Waals surface area (Å²) in [5.41, 5.74) is 5.27. The van der Waals surface area contributed by atoms with Gasteiger partial charge in [0.2, 0.25) is 5.91 Å². The van der Waals surface area contributed by atoms with Crippen LogP contribution in [0.25, 0.3) is 0 Å². The van der Waals surface area contributed by atoms with Crippen LogP contribution in [-0.4, -0.2) is 30.4 Å². The van der Waals surface area contributed by atoms with Gasteiger partial charge in [0.05, 0.1) is 0 Å². The number of halogens is 1. The van der Waals surface area contributed by atoms with E-state index in [4.69, 9.17) is 4.74 Å². The molecule has 0 aliphatic carbocycles. The van der Waals surface area contributed by atoms with Crippen LogP contribution in [0.3, 0.4) is 0 Å². The summed E-state index contributed by atoms with van der Waals surface area (Å²) in [5.74, 6) is -0.430. The molecule has 1 atom stereocenters. The Bertz CT molecular complexity index is 783. The molecule has 0 aliphatic heterocycles. The molecule has 0 spiro atoms. The lowest BCUT2D eigenvalue weighted by atomic mass is 10.2. The van der Waals surface area contributed by atoms with Crippen molar-refractivity contribution >= 4 is 45.0 Å². The van der Waals surface area contributed by atoms with Gasteiger partial charge in [0.15, 0.2) is 6.10 Å². The zero-order valence-corrected chi connectivity index (χ0v) is 17.1. The first-order chi connectivity index (χ1) is 13.0. The molecule has 0 radical (unpaired) electrons. The van der Waals surface area contributed by atoms with Crippen LogP contribution in [0.4, 0.5) is 0 Å². The molecule has 2 aromatic rings. The average molecular weight is 454 g/mol. The summed E-state index contributed by atoms with van der Waals surface area (Å²) in [6.07, 6.45) is -0.142. The molecule has 9 heteroatoms. The Morgan fingerprint density at radius 3 is 2.74 bits per heavy atom. The maximum Gasteiger partial charge on any atom is 0.279 e. The maximum atomic E-state index is 12.0. The van der Waals surface area contributed by atoms with Crippen molar-refractivity contribution in [2.24, 2.45) is 0 Å². The summed E-state index contributed by atoms with van der Waals surface area (Å²) in [5, 5.41) is 6.32. The number of nitrogens with one attached hydrogen (secondary N) is 3. The SMILES string of the molecule is C[C@@H](Oc1cccc(Br)c1)C(=O)NNC(=O)CCCNC(=O)c1ccsc1. The highest BCUT2D eigenvalue weighted by molar-refractivity contribution is 9.10. The number of ether oxygens (including phenoxy) is 1. The molecule has 144 valence electrons. The van der Waals surface area contributed by atoms with E-state index < -0.39 is 12.0 Å². The highest BCUT2D eigenvalue weighted by Gasteiger charge is 2.15. The smallest absolute Gasteiger partial charge is 0.279 e. The number of carbonyl (C=O) groups excluding carboxylic acids is 3. The number of thiophene rings is 1. The Kier molecular flexibility index (Phi) is 8.28. The number of amides is 3. The van der Waals surface area contributed by atoms with E-state index >= 15 is 0 Å². The van der Waals surface area contributed by atoms with Crippen molar-refractivity contribution in [2.75, 3.05) is 6.54 Å². The predicted molar refractivity (Wildman–Crippen MR) is 106 cm³/mol. The van der Waals surface area contributed by atoms with Crippen molar-refractivity contribution in [1.29, 1.82) is 0 Å². The van der Waals surface area contributed by atoms with Crippen LogP contribution < -0.4 is 20.9 Å². The number of benzene rings is 1. The molecular weight excluding hydrogens is 434 g/mol. The molecule has 1 aromatic heterocycles. The van der Waals surface area contributed by atoms with E-state index in [-0.39, 0.29) is 18.2 Å². The first-order valence-corrected chi connectivity index (χ1v) is 10.0. The minimum atomic E-state index is -0.774. The zero-order chi connectivity index (χ0) is 19.6. The normalized spacial score (nSPS) is 11.3. The van der Waals surface area contributed by atoms with Crippen LogP contribution >= 0.6 is 27.3 Å². The summed E-state index contributed by atoms with van der Waals surface area (Å²) in [4.78, 5) is 35.5. The molecule has 0 bridgehead atoms. The summed E-state index contributed by atoms with van der Waals surface area (Å²) in [6.45, 7) is 1.96. The van der Waals surface area contributed by atoms with E-state index in [0.717, 1.165) is 4.47 Å². The number of carbonyl (C=O) groups is 3. The first kappa shape index (κ1) is 20.9. The second kappa shape index (κ2) is 10.7. The van der Waals surface area contributed by atoms with Gasteiger partial charge in [-0.15, -0.1) is 0 Å². The van der Waals surface area contributed by atoms with Gasteiger partial charge in [-0.1, -0.05) is 22.0 Å². The van der Waals surface area contributed by atoms with Gasteiger partial charge in [0, 0.05) is 28.4 Å². The zero-order valence-electron chi connectivity index (χ0n) is 14.7. The van der Waals surface area contributed by atoms with Gasteiger partial charge in [-0.25, -0.2) is 0 Å². The number of rotatable bonds is 8. The van der Waals surface area contributed by atoms with Gasteiger partial charge < -0.3 is 10.1 Å². The lowest BCUT2D eigenvalue weighted by Gasteiger charge is -2.15. The van der Waals surface area contributed by atoms with Gasteiger partial charge in [-0.3, -0.25) is 25.2 Å². The fraction of sp³-hybridized carbons (Fsp3) is 0.278. The minimum absolute atomic E-state index is 0.163. The van der Waals surface area contributed by atoms with Gasteiger partial charge in [-0.2, -0.15) is 11.3 Å². The van der Waals surface area contributed by atoms with Crippen molar-refractivity contribution < 1.29 is 19.1 Å². The second-order valence-corrected chi connectivity index (χ2v) is 7.32. The van der Waals surface area contributed by atoms with Crippen LogP contribution in [0.1, 0.15) is 30.1 Å². The predicted octanol–water partition coefficient (Wildman–Crippen LogP) is 2.64. The molecule has 2 rings (SSSR count). The number of hydrogen-bond donors (Lipinski definition) is 3. The van der Waals surface area contributed by atoms with E-state index in [1.54, 1.807) is 36.6 Å². The van der Waals surface area contributed by atoms with Crippen LogP contribution in [0, 0.1) is 0 Å². The lowest BCUT2D eigenvalue weighted by molar-refractivity contribution is -0.132. The minimum Gasteiger partial charge on any atom is -0.481 e. The molecule has 1 heterocycles. The Labute approximate surface area is 169 Å². The number of hydrogen-bond acceptors (Lipinski definition) is 5. The fourth-order valence-corrected chi connectivity index (χ4v) is 3.05. The molecule has 0 saturated carbocycles. The lowest BCUT2D eigenvalue weighted by Crippen LogP contribution is -2.47. The van der Waals surface area contributed by atoms with Crippen molar-refractivity contribution in [1.82, 2.24) is 16.2 Å². The van der Waals surface area contributed by atoms with Crippen molar-refractivity contribution in [3.8, 4) is 5.75 Å². The molecular formula is C18H20BrN3O4S. The van der Waals surface area contributed by atoms with E-state index in [0.29, 0.717) is 24.3 Å². The van der Waals surface area contributed by atoms with Gasteiger partial charge >= 0.3 is 0 Å². The van der Waals surface area contributed by atoms with E-state index in [2.05, 4.69) is 32.1 Å². The van der Waals surface area contributed by atoms with Gasteiger partial charge in [-0.05, 0) is 43.0 Å². The molecule has 0 fully saturated rings. The van der Waals surface area contributed by atoms with Crippen LogP contribution in [-0.2, 0) is 9.59 Å². The van der Waals surface area contributed by atoms with Crippen molar-refractivity contribution in [2.45, 2.75) is 25.9 Å². The fourth-order valence-electron chi connectivity index (χ4n) is 2.04. The molecule has 0 saturated heterocycles. The first-order valence-electron chi connectivity index (χ1n) is 8.27. The third-order valence-corrected chi connectivity index (χ3v) is 4.63. The highest BCUT2D eigenvalue weighted by Crippen LogP contribution is 2.18. The Morgan fingerprint density at radius 1 is 1.22 bits per heavy atom. The monoisotopic (exact) mass is 453 g/mol. The molecule has 7 nitrogen and oxygen atoms in total. The van der Waals surface area contributed by atoms with Crippen molar-refractivity contribution in [3.05, 3.63) is 51.1 Å². The Hall–Kier alpha value is -2.39. The quantitative estimate of drug-likeness (QED) is 0.422. The maximum absolute atomic E-state index is 12.0. The molecule has 0 aliphatic rings. The summed E-state index contributed by atoms with van der Waals surface area (Å²) >= 11 is 4.77. The molecule has 1 aromatic carbocycles. The third-order valence-electron chi connectivity index (χ3n) is 3.45. The van der Waals surface area contributed by atoms with Gasteiger partial charge in [0.25, 0.3) is 11.8 Å². The number of hydrazine groups is 1.